The first kappa shape index (κ1) is 11.8. The zero-order chi connectivity index (χ0) is 12.3. The Hall–Kier alpha value is -1.68. The predicted octanol–water partition coefficient (Wildman–Crippen LogP) is 2.29. The minimum atomic E-state index is -0.245. The van der Waals surface area contributed by atoms with Gasteiger partial charge in [0.15, 0.2) is 5.89 Å². The molecular weight excluding hydrogens is 219 g/mol. The fourth-order valence-electron chi connectivity index (χ4n) is 1.68. The van der Waals surface area contributed by atoms with Gasteiger partial charge < -0.3 is 10.2 Å². The smallest absolute Gasteiger partial charge is 0.198 e. The number of halogens is 1. The van der Waals surface area contributed by atoms with E-state index in [1.54, 1.807) is 12.3 Å². The molecule has 2 N–H and O–H groups in total. The van der Waals surface area contributed by atoms with E-state index in [4.69, 9.17) is 10.2 Å². The third-order valence-electron chi connectivity index (χ3n) is 2.37. The maximum Gasteiger partial charge on any atom is 0.198 e. The zero-order valence-corrected chi connectivity index (χ0v) is 9.69. The molecule has 1 aromatic heterocycles. The second kappa shape index (κ2) is 5.10. The summed E-state index contributed by atoms with van der Waals surface area (Å²) in [5.74, 6) is 0.344. The number of benzene rings is 1. The Labute approximate surface area is 99.5 Å². The van der Waals surface area contributed by atoms with Crippen molar-refractivity contribution in [2.75, 3.05) is 0 Å². The fraction of sp³-hybridized carbons (Fsp3) is 0.308. The van der Waals surface area contributed by atoms with E-state index >= 15 is 0 Å². The highest BCUT2D eigenvalue weighted by atomic mass is 19.1. The Morgan fingerprint density at radius 2 is 2.29 bits per heavy atom. The van der Waals surface area contributed by atoms with Crippen molar-refractivity contribution in [2.45, 2.75) is 25.8 Å². The number of rotatable bonds is 4. The highest BCUT2D eigenvalue weighted by Gasteiger charge is 2.07. The van der Waals surface area contributed by atoms with E-state index in [9.17, 15) is 4.39 Å². The van der Waals surface area contributed by atoms with Gasteiger partial charge in [0.1, 0.15) is 12.1 Å². The first-order valence-corrected chi connectivity index (χ1v) is 5.57. The molecule has 0 amide bonds. The lowest BCUT2D eigenvalue weighted by Crippen LogP contribution is -2.17. The molecular formula is C13H15FN2O. The summed E-state index contributed by atoms with van der Waals surface area (Å²) in [5, 5.41) is 0. The van der Waals surface area contributed by atoms with E-state index < -0.39 is 0 Å². The molecule has 0 aliphatic heterocycles. The van der Waals surface area contributed by atoms with Crippen molar-refractivity contribution in [3.05, 3.63) is 53.5 Å². The number of nitrogens with two attached hydrogens (primary N) is 1. The number of oxazole rings is 1. The van der Waals surface area contributed by atoms with Crippen LogP contribution in [0.25, 0.3) is 0 Å². The van der Waals surface area contributed by atoms with Crippen molar-refractivity contribution in [3.8, 4) is 0 Å². The molecule has 0 aliphatic rings. The van der Waals surface area contributed by atoms with Crippen molar-refractivity contribution in [1.29, 1.82) is 0 Å². The second-order valence-electron chi connectivity index (χ2n) is 4.22. The normalized spacial score (nSPS) is 12.6. The second-order valence-corrected chi connectivity index (χ2v) is 4.22. The molecule has 1 unspecified atom stereocenters. The maximum atomic E-state index is 13.0. The van der Waals surface area contributed by atoms with Gasteiger partial charge >= 0.3 is 0 Å². The highest BCUT2D eigenvalue weighted by Crippen LogP contribution is 2.11. The molecule has 1 heterocycles. The van der Waals surface area contributed by atoms with Crippen molar-refractivity contribution in [1.82, 2.24) is 4.98 Å². The molecule has 0 radical (unpaired) electrons. The largest absolute Gasteiger partial charge is 0.448 e. The van der Waals surface area contributed by atoms with Crippen LogP contribution in [0.2, 0.25) is 0 Å². The van der Waals surface area contributed by atoms with Crippen LogP contribution in [0.1, 0.15) is 24.1 Å². The minimum absolute atomic E-state index is 0.0575. The van der Waals surface area contributed by atoms with Crippen LogP contribution >= 0.6 is 0 Å². The average molecular weight is 234 g/mol. The van der Waals surface area contributed by atoms with Crippen LogP contribution in [0.5, 0.6) is 0 Å². The first-order chi connectivity index (χ1) is 8.13. The van der Waals surface area contributed by atoms with Crippen LogP contribution < -0.4 is 5.73 Å². The molecule has 0 aliphatic carbocycles. The molecule has 0 fully saturated rings. The fourth-order valence-corrected chi connectivity index (χ4v) is 1.68. The minimum Gasteiger partial charge on any atom is -0.448 e. The van der Waals surface area contributed by atoms with Gasteiger partial charge in [-0.1, -0.05) is 12.1 Å². The van der Waals surface area contributed by atoms with Gasteiger partial charge in [0.25, 0.3) is 0 Å². The van der Waals surface area contributed by atoms with Gasteiger partial charge in [-0.25, -0.2) is 9.37 Å². The summed E-state index contributed by atoms with van der Waals surface area (Å²) in [4.78, 5) is 4.31. The van der Waals surface area contributed by atoms with E-state index in [-0.39, 0.29) is 11.9 Å². The monoisotopic (exact) mass is 234 g/mol. The van der Waals surface area contributed by atoms with Gasteiger partial charge in [-0.2, -0.15) is 0 Å². The molecule has 90 valence electrons. The SMILES string of the molecule is CC(N)Cc1coc(Cc2cccc(F)c2)n1. The van der Waals surface area contributed by atoms with Crippen molar-refractivity contribution in [3.63, 3.8) is 0 Å². The third-order valence-corrected chi connectivity index (χ3v) is 2.37. The Kier molecular flexibility index (Phi) is 3.54. The van der Waals surface area contributed by atoms with E-state index in [2.05, 4.69) is 4.98 Å². The third kappa shape index (κ3) is 3.39. The van der Waals surface area contributed by atoms with Crippen molar-refractivity contribution < 1.29 is 8.81 Å². The topological polar surface area (TPSA) is 52.0 Å². The van der Waals surface area contributed by atoms with Gasteiger partial charge in [-0.3, -0.25) is 0 Å². The number of hydrogen-bond donors (Lipinski definition) is 1. The number of aromatic nitrogens is 1. The van der Waals surface area contributed by atoms with Gasteiger partial charge in [0.2, 0.25) is 0 Å². The molecule has 0 saturated heterocycles. The molecule has 4 heteroatoms. The van der Waals surface area contributed by atoms with E-state index in [1.807, 2.05) is 13.0 Å². The number of hydrogen-bond acceptors (Lipinski definition) is 3. The van der Waals surface area contributed by atoms with Gasteiger partial charge in [-0.05, 0) is 24.6 Å². The van der Waals surface area contributed by atoms with E-state index in [1.165, 1.54) is 12.1 Å². The summed E-state index contributed by atoms with van der Waals surface area (Å²) in [7, 11) is 0. The summed E-state index contributed by atoms with van der Waals surface area (Å²) >= 11 is 0. The average Bonchev–Trinajstić information content (AvgIpc) is 2.64. The lowest BCUT2D eigenvalue weighted by Gasteiger charge is -1.99. The Balaban J connectivity index is 2.06. The highest BCUT2D eigenvalue weighted by molar-refractivity contribution is 5.19. The van der Waals surface area contributed by atoms with Gasteiger partial charge in [0, 0.05) is 18.9 Å². The summed E-state index contributed by atoms with van der Waals surface area (Å²) < 4.78 is 18.3. The first-order valence-electron chi connectivity index (χ1n) is 5.57. The molecule has 3 nitrogen and oxygen atoms in total. The Morgan fingerprint density at radius 3 is 3.00 bits per heavy atom. The van der Waals surface area contributed by atoms with Crippen molar-refractivity contribution in [2.24, 2.45) is 5.73 Å². The summed E-state index contributed by atoms with van der Waals surface area (Å²) in [5.41, 5.74) is 7.36. The molecule has 17 heavy (non-hydrogen) atoms. The van der Waals surface area contributed by atoms with Crippen LogP contribution in [-0.2, 0) is 12.8 Å². The van der Waals surface area contributed by atoms with Gasteiger partial charge in [-0.15, -0.1) is 0 Å². The summed E-state index contributed by atoms with van der Waals surface area (Å²) in [6.45, 7) is 1.92. The molecule has 2 aromatic rings. The quantitative estimate of drug-likeness (QED) is 0.883. The molecule has 0 spiro atoms. The lowest BCUT2D eigenvalue weighted by atomic mass is 10.1. The predicted molar refractivity (Wildman–Crippen MR) is 63.1 cm³/mol. The van der Waals surface area contributed by atoms with Crippen LogP contribution in [0.15, 0.2) is 34.9 Å². The van der Waals surface area contributed by atoms with Crippen LogP contribution in [0.3, 0.4) is 0 Å². The Morgan fingerprint density at radius 1 is 1.47 bits per heavy atom. The number of nitrogens with zero attached hydrogens (tertiary/aromatic N) is 1. The summed E-state index contributed by atoms with van der Waals surface area (Å²) in [6.07, 6.45) is 2.79. The van der Waals surface area contributed by atoms with E-state index in [0.717, 1.165) is 11.3 Å². The molecule has 1 aromatic carbocycles. The lowest BCUT2D eigenvalue weighted by molar-refractivity contribution is 0.505. The zero-order valence-electron chi connectivity index (χ0n) is 9.69. The van der Waals surface area contributed by atoms with Crippen LogP contribution in [-0.4, -0.2) is 11.0 Å². The van der Waals surface area contributed by atoms with Crippen LogP contribution in [0.4, 0.5) is 4.39 Å². The van der Waals surface area contributed by atoms with E-state index in [0.29, 0.717) is 18.7 Å². The molecule has 0 saturated carbocycles. The maximum absolute atomic E-state index is 13.0. The van der Waals surface area contributed by atoms with Gasteiger partial charge in [0.05, 0.1) is 5.69 Å². The molecule has 2 rings (SSSR count). The Bertz CT molecular complexity index is 494. The van der Waals surface area contributed by atoms with Crippen LogP contribution in [0, 0.1) is 5.82 Å². The molecule has 1 atom stereocenters. The van der Waals surface area contributed by atoms with Crippen molar-refractivity contribution >= 4 is 0 Å². The summed E-state index contributed by atoms with van der Waals surface area (Å²) in [6, 6.07) is 6.48. The molecule has 0 bridgehead atoms. The standard InChI is InChI=1S/C13H15FN2O/c1-9(15)5-12-8-17-13(16-12)7-10-3-2-4-11(14)6-10/h2-4,6,8-9H,5,7,15H2,1H3.